The normalized spacial score (nSPS) is 20.1. The average Bonchev–Trinajstić information content (AvgIpc) is 2.82. The van der Waals surface area contributed by atoms with Crippen molar-refractivity contribution in [2.24, 2.45) is 0 Å². The minimum Gasteiger partial charge on any atom is -0.346 e. The summed E-state index contributed by atoms with van der Waals surface area (Å²) in [5.41, 5.74) is 0.985. The lowest BCUT2D eigenvalue weighted by atomic mass is 10.2. The number of rotatable bonds is 5. The highest BCUT2D eigenvalue weighted by atomic mass is 32.2. The third-order valence-electron chi connectivity index (χ3n) is 3.17. The summed E-state index contributed by atoms with van der Waals surface area (Å²) in [5.74, 6) is 1.16. The zero-order valence-electron chi connectivity index (χ0n) is 11.0. The van der Waals surface area contributed by atoms with Crippen LogP contribution in [0.2, 0.25) is 0 Å². The predicted molar refractivity (Wildman–Crippen MR) is 80.2 cm³/mol. The Hall–Kier alpha value is -0.550. The van der Waals surface area contributed by atoms with Gasteiger partial charge in [0.15, 0.2) is 11.4 Å². The molecule has 1 aliphatic rings. The number of carbonyl (C=O) groups is 1. The van der Waals surface area contributed by atoms with Crippen molar-refractivity contribution in [3.05, 3.63) is 10.6 Å². The molecule has 1 aliphatic heterocycles. The van der Waals surface area contributed by atoms with Crippen molar-refractivity contribution in [2.45, 2.75) is 38.4 Å². The number of nitrogens with zero attached hydrogens (tertiary/aromatic N) is 2. The van der Waals surface area contributed by atoms with E-state index in [2.05, 4.69) is 35.5 Å². The smallest absolute Gasteiger partial charge is 0.186 e. The maximum absolute atomic E-state index is 11.1. The van der Waals surface area contributed by atoms with Gasteiger partial charge >= 0.3 is 0 Å². The molecule has 1 aromatic heterocycles. The van der Waals surface area contributed by atoms with E-state index in [1.807, 2.05) is 0 Å². The molecule has 1 unspecified atom stereocenters. The van der Waals surface area contributed by atoms with E-state index in [0.29, 0.717) is 5.25 Å². The first kappa shape index (κ1) is 13.9. The molecule has 2 rings (SSSR count). The number of thiazole rings is 1. The van der Waals surface area contributed by atoms with E-state index in [4.69, 9.17) is 0 Å². The number of thioether (sulfide) groups is 1. The van der Waals surface area contributed by atoms with Crippen LogP contribution in [0.5, 0.6) is 0 Å². The van der Waals surface area contributed by atoms with Gasteiger partial charge < -0.3 is 4.90 Å². The van der Waals surface area contributed by atoms with Crippen molar-refractivity contribution in [1.82, 2.24) is 4.98 Å². The number of aldehydes is 1. The summed E-state index contributed by atoms with van der Waals surface area (Å²) < 4.78 is 0. The molecule has 0 saturated carbocycles. The number of hydrogen-bond acceptors (Lipinski definition) is 5. The number of aryl methyl sites for hydroxylation is 1. The van der Waals surface area contributed by atoms with Gasteiger partial charge in [0.05, 0.1) is 10.6 Å². The molecular weight excluding hydrogens is 264 g/mol. The molecule has 18 heavy (non-hydrogen) atoms. The Kier molecular flexibility index (Phi) is 5.06. The van der Waals surface area contributed by atoms with E-state index < -0.39 is 0 Å². The highest BCUT2D eigenvalue weighted by Crippen LogP contribution is 2.30. The summed E-state index contributed by atoms with van der Waals surface area (Å²) in [7, 11) is 0. The molecule has 100 valence electrons. The van der Waals surface area contributed by atoms with Crippen LogP contribution in [0.4, 0.5) is 5.13 Å². The van der Waals surface area contributed by atoms with Gasteiger partial charge in [0.2, 0.25) is 0 Å². The topological polar surface area (TPSA) is 33.2 Å². The van der Waals surface area contributed by atoms with Gasteiger partial charge in [0, 0.05) is 24.1 Å². The van der Waals surface area contributed by atoms with Crippen molar-refractivity contribution in [1.29, 1.82) is 0 Å². The Balaban J connectivity index is 2.14. The first-order chi connectivity index (χ1) is 8.78. The molecule has 1 aromatic rings. The first-order valence-corrected chi connectivity index (χ1v) is 8.46. The van der Waals surface area contributed by atoms with E-state index in [9.17, 15) is 4.79 Å². The third-order valence-corrected chi connectivity index (χ3v) is 5.63. The van der Waals surface area contributed by atoms with Crippen LogP contribution in [-0.4, -0.2) is 35.4 Å². The number of carbonyl (C=O) groups excluding carboxylic acids is 1. The fraction of sp³-hybridized carbons (Fsp3) is 0.692. The fourth-order valence-corrected chi connectivity index (χ4v) is 4.28. The summed E-state index contributed by atoms with van der Waals surface area (Å²) in [5, 5.41) is 1.75. The first-order valence-electron chi connectivity index (χ1n) is 6.59. The minimum absolute atomic E-state index is 0.706. The van der Waals surface area contributed by atoms with Gasteiger partial charge in [-0.25, -0.2) is 4.98 Å². The maximum Gasteiger partial charge on any atom is 0.186 e. The minimum atomic E-state index is 0.706. The summed E-state index contributed by atoms with van der Waals surface area (Å²) in [6.07, 6.45) is 4.11. The van der Waals surface area contributed by atoms with Crippen molar-refractivity contribution in [2.75, 3.05) is 23.7 Å². The van der Waals surface area contributed by atoms with E-state index >= 15 is 0 Å². The lowest BCUT2D eigenvalue weighted by Crippen LogP contribution is -2.37. The molecule has 0 aromatic carbocycles. The molecule has 0 radical (unpaired) electrons. The zero-order chi connectivity index (χ0) is 13.0. The van der Waals surface area contributed by atoms with E-state index in [-0.39, 0.29) is 0 Å². The Bertz CT molecular complexity index is 406. The average molecular weight is 284 g/mol. The molecule has 1 saturated heterocycles. The summed E-state index contributed by atoms with van der Waals surface area (Å²) in [4.78, 5) is 18.9. The quantitative estimate of drug-likeness (QED) is 0.777. The van der Waals surface area contributed by atoms with Gasteiger partial charge in [-0.15, -0.1) is 0 Å². The second kappa shape index (κ2) is 6.57. The van der Waals surface area contributed by atoms with E-state index in [0.717, 1.165) is 53.7 Å². The van der Waals surface area contributed by atoms with Crippen LogP contribution < -0.4 is 4.90 Å². The Morgan fingerprint density at radius 3 is 3.00 bits per heavy atom. The Morgan fingerprint density at radius 1 is 1.50 bits per heavy atom. The van der Waals surface area contributed by atoms with Crippen LogP contribution in [0, 0.1) is 0 Å². The summed E-state index contributed by atoms with van der Waals surface area (Å²) >= 11 is 3.61. The van der Waals surface area contributed by atoms with Gasteiger partial charge in [-0.3, -0.25) is 4.79 Å². The van der Waals surface area contributed by atoms with Gasteiger partial charge in [0.1, 0.15) is 0 Å². The third kappa shape index (κ3) is 3.06. The highest BCUT2D eigenvalue weighted by molar-refractivity contribution is 8.00. The van der Waals surface area contributed by atoms with Gasteiger partial charge in [-0.05, 0) is 12.8 Å². The second-order valence-corrected chi connectivity index (χ2v) is 6.94. The Morgan fingerprint density at radius 2 is 2.33 bits per heavy atom. The number of aromatic nitrogens is 1. The molecule has 0 amide bonds. The van der Waals surface area contributed by atoms with Gasteiger partial charge in [-0.1, -0.05) is 31.6 Å². The molecule has 0 N–H and O–H groups in total. The molecule has 5 heteroatoms. The molecule has 0 spiro atoms. The molecule has 2 heterocycles. The van der Waals surface area contributed by atoms with Crippen molar-refractivity contribution in [3.8, 4) is 0 Å². The van der Waals surface area contributed by atoms with E-state index in [1.54, 1.807) is 11.3 Å². The standard InChI is InChI=1S/C13H20N2OS2/c1-3-5-11-12(9-16)18-13(14-11)15-6-7-17-10(4-2)8-15/h9-10H,3-8H2,1-2H3. The van der Waals surface area contributed by atoms with Crippen LogP contribution in [0.15, 0.2) is 0 Å². The van der Waals surface area contributed by atoms with Crippen LogP contribution in [-0.2, 0) is 6.42 Å². The SMILES string of the molecule is CCCc1nc(N2CCSC(CC)C2)sc1C=O. The lowest BCUT2D eigenvalue weighted by molar-refractivity contribution is 0.112. The van der Waals surface area contributed by atoms with Gasteiger partial charge in [-0.2, -0.15) is 11.8 Å². The molecular formula is C13H20N2OS2. The summed E-state index contributed by atoms with van der Waals surface area (Å²) in [6, 6.07) is 0. The molecule has 0 bridgehead atoms. The maximum atomic E-state index is 11.1. The number of hydrogen-bond donors (Lipinski definition) is 0. The molecule has 3 nitrogen and oxygen atoms in total. The summed E-state index contributed by atoms with van der Waals surface area (Å²) in [6.45, 7) is 6.48. The molecule has 1 atom stereocenters. The highest BCUT2D eigenvalue weighted by Gasteiger charge is 2.22. The van der Waals surface area contributed by atoms with Crippen molar-refractivity contribution < 1.29 is 4.79 Å². The van der Waals surface area contributed by atoms with Crippen molar-refractivity contribution >= 4 is 34.5 Å². The van der Waals surface area contributed by atoms with E-state index in [1.165, 1.54) is 6.42 Å². The lowest BCUT2D eigenvalue weighted by Gasteiger charge is -2.31. The molecule has 0 aliphatic carbocycles. The van der Waals surface area contributed by atoms with Crippen molar-refractivity contribution in [3.63, 3.8) is 0 Å². The monoisotopic (exact) mass is 284 g/mol. The predicted octanol–water partition coefficient (Wildman–Crippen LogP) is 3.24. The Labute approximate surface area is 117 Å². The fourth-order valence-electron chi connectivity index (χ4n) is 2.13. The number of anilines is 1. The molecule has 1 fully saturated rings. The van der Waals surface area contributed by atoms with Crippen LogP contribution in [0.3, 0.4) is 0 Å². The van der Waals surface area contributed by atoms with Crippen LogP contribution >= 0.6 is 23.1 Å². The zero-order valence-corrected chi connectivity index (χ0v) is 12.6. The van der Waals surface area contributed by atoms with Gasteiger partial charge in [0.25, 0.3) is 0 Å². The second-order valence-electron chi connectivity index (χ2n) is 4.52. The van der Waals surface area contributed by atoms with Crippen LogP contribution in [0.25, 0.3) is 0 Å². The largest absolute Gasteiger partial charge is 0.346 e. The van der Waals surface area contributed by atoms with Crippen LogP contribution in [0.1, 0.15) is 42.1 Å².